The quantitative estimate of drug-likeness (QED) is 0.748. The van der Waals surface area contributed by atoms with Gasteiger partial charge in [-0.3, -0.25) is 9.20 Å². The first kappa shape index (κ1) is 11.1. The number of nitrogens with zero attached hydrogens (tertiary/aromatic N) is 2. The molecule has 2 aromatic heterocycles. The molecule has 0 aliphatic heterocycles. The molecule has 2 heterocycles. The van der Waals surface area contributed by atoms with Crippen LogP contribution in [0.3, 0.4) is 0 Å². The van der Waals surface area contributed by atoms with Crippen LogP contribution in [0.25, 0.3) is 5.65 Å². The zero-order valence-electron chi connectivity index (χ0n) is 7.62. The van der Waals surface area contributed by atoms with Gasteiger partial charge in [0.05, 0.1) is 0 Å². The summed E-state index contributed by atoms with van der Waals surface area (Å²) in [6.07, 6.45) is -3.38. The highest BCUT2D eigenvalue weighted by molar-refractivity contribution is 9.10. The van der Waals surface area contributed by atoms with E-state index in [0.717, 1.165) is 4.40 Å². The lowest BCUT2D eigenvalue weighted by atomic mass is 10.3. The molecule has 84 valence electrons. The fourth-order valence-corrected chi connectivity index (χ4v) is 1.64. The molecule has 0 N–H and O–H groups in total. The third-order valence-electron chi connectivity index (χ3n) is 1.93. The van der Waals surface area contributed by atoms with E-state index in [1.165, 1.54) is 18.3 Å². The summed E-state index contributed by atoms with van der Waals surface area (Å²) in [5.41, 5.74) is -1.98. The van der Waals surface area contributed by atoms with Crippen molar-refractivity contribution >= 4 is 21.6 Å². The molecule has 0 aliphatic carbocycles. The molecule has 0 bridgehead atoms. The van der Waals surface area contributed by atoms with E-state index < -0.39 is 17.4 Å². The maximum atomic E-state index is 12.6. The van der Waals surface area contributed by atoms with Crippen LogP contribution in [0, 0.1) is 0 Å². The molecule has 0 aromatic carbocycles. The van der Waals surface area contributed by atoms with Crippen LogP contribution in [0.15, 0.2) is 33.7 Å². The fraction of sp³-hybridized carbons (Fsp3) is 0.111. The molecule has 7 heteroatoms. The summed E-state index contributed by atoms with van der Waals surface area (Å²) in [4.78, 5) is 14.5. The van der Waals surface area contributed by atoms with Crippen molar-refractivity contribution in [3.05, 3.63) is 44.9 Å². The number of pyridine rings is 1. The van der Waals surface area contributed by atoms with Gasteiger partial charge in [0.15, 0.2) is 0 Å². The third kappa shape index (κ3) is 1.95. The standard InChI is InChI=1S/C9H4BrF3N2O/c10-5-1-2-7-14-8(16)3-6(9(11,12)13)15(7)4-5/h1-4H. The highest BCUT2D eigenvalue weighted by Gasteiger charge is 2.33. The average Bonchev–Trinajstić information content (AvgIpc) is 2.16. The zero-order chi connectivity index (χ0) is 11.9. The molecular weight excluding hydrogens is 289 g/mol. The van der Waals surface area contributed by atoms with Crippen LogP contribution in [-0.4, -0.2) is 9.38 Å². The van der Waals surface area contributed by atoms with E-state index in [-0.39, 0.29) is 5.65 Å². The van der Waals surface area contributed by atoms with Crippen molar-refractivity contribution in [1.29, 1.82) is 0 Å². The molecule has 16 heavy (non-hydrogen) atoms. The van der Waals surface area contributed by atoms with Crippen molar-refractivity contribution in [3.8, 4) is 0 Å². The van der Waals surface area contributed by atoms with E-state index >= 15 is 0 Å². The number of hydrogen-bond donors (Lipinski definition) is 0. The molecule has 0 atom stereocenters. The van der Waals surface area contributed by atoms with Gasteiger partial charge in [0.25, 0.3) is 5.56 Å². The van der Waals surface area contributed by atoms with Crippen LogP contribution in [0.5, 0.6) is 0 Å². The molecule has 2 aromatic rings. The predicted octanol–water partition coefficient (Wildman–Crippen LogP) is 2.48. The smallest absolute Gasteiger partial charge is 0.296 e. The fourth-order valence-electron chi connectivity index (χ4n) is 1.30. The largest absolute Gasteiger partial charge is 0.432 e. The first-order valence-electron chi connectivity index (χ1n) is 4.14. The van der Waals surface area contributed by atoms with Crippen molar-refractivity contribution in [1.82, 2.24) is 9.38 Å². The van der Waals surface area contributed by atoms with Gasteiger partial charge in [0.2, 0.25) is 0 Å². The SMILES string of the molecule is O=c1cc(C(F)(F)F)n2cc(Br)ccc2n1. The van der Waals surface area contributed by atoms with Crippen LogP contribution in [0.2, 0.25) is 0 Å². The lowest BCUT2D eigenvalue weighted by Gasteiger charge is -2.11. The minimum atomic E-state index is -4.59. The Bertz CT molecular complexity index is 606. The summed E-state index contributed by atoms with van der Waals surface area (Å²) in [6.45, 7) is 0. The summed E-state index contributed by atoms with van der Waals surface area (Å²) < 4.78 is 39.2. The Labute approximate surface area is 95.7 Å². The number of hydrogen-bond acceptors (Lipinski definition) is 2. The second-order valence-electron chi connectivity index (χ2n) is 3.05. The minimum absolute atomic E-state index is 0.0389. The van der Waals surface area contributed by atoms with E-state index in [4.69, 9.17) is 0 Å². The summed E-state index contributed by atoms with van der Waals surface area (Å²) in [5, 5.41) is 0. The van der Waals surface area contributed by atoms with Crippen molar-refractivity contribution in [3.63, 3.8) is 0 Å². The normalized spacial score (nSPS) is 12.0. The Morgan fingerprint density at radius 3 is 2.62 bits per heavy atom. The summed E-state index contributed by atoms with van der Waals surface area (Å²) in [6, 6.07) is 3.32. The lowest BCUT2D eigenvalue weighted by molar-refractivity contribution is -0.142. The molecule has 2 rings (SSSR count). The number of alkyl halides is 3. The average molecular weight is 293 g/mol. The van der Waals surface area contributed by atoms with Crippen LogP contribution < -0.4 is 5.56 Å². The van der Waals surface area contributed by atoms with E-state index in [1.807, 2.05) is 0 Å². The summed E-state index contributed by atoms with van der Waals surface area (Å²) in [7, 11) is 0. The molecule has 0 fully saturated rings. The predicted molar refractivity (Wildman–Crippen MR) is 54.2 cm³/mol. The Morgan fingerprint density at radius 2 is 2.00 bits per heavy atom. The van der Waals surface area contributed by atoms with Gasteiger partial charge in [0, 0.05) is 16.7 Å². The lowest BCUT2D eigenvalue weighted by Crippen LogP contribution is -2.19. The molecule has 0 unspecified atom stereocenters. The van der Waals surface area contributed by atoms with Gasteiger partial charge in [-0.15, -0.1) is 0 Å². The number of halogens is 4. The Balaban J connectivity index is 2.91. The number of aromatic nitrogens is 2. The maximum Gasteiger partial charge on any atom is 0.432 e. The maximum absolute atomic E-state index is 12.6. The van der Waals surface area contributed by atoms with Gasteiger partial charge in [0.1, 0.15) is 11.3 Å². The van der Waals surface area contributed by atoms with Gasteiger partial charge in [-0.05, 0) is 28.1 Å². The Kier molecular flexibility index (Phi) is 2.49. The minimum Gasteiger partial charge on any atom is -0.296 e. The first-order valence-corrected chi connectivity index (χ1v) is 4.93. The molecule has 0 saturated carbocycles. The van der Waals surface area contributed by atoms with Crippen LogP contribution in [0.4, 0.5) is 13.2 Å². The van der Waals surface area contributed by atoms with Crippen molar-refractivity contribution in [2.24, 2.45) is 0 Å². The highest BCUT2D eigenvalue weighted by Crippen LogP contribution is 2.28. The number of fused-ring (bicyclic) bond motifs is 1. The Hall–Kier alpha value is -1.37. The van der Waals surface area contributed by atoms with E-state index in [1.54, 1.807) is 0 Å². The van der Waals surface area contributed by atoms with E-state index in [2.05, 4.69) is 20.9 Å². The molecule has 0 saturated heterocycles. The molecule has 0 radical (unpaired) electrons. The Morgan fingerprint density at radius 1 is 1.31 bits per heavy atom. The summed E-state index contributed by atoms with van der Waals surface area (Å²) >= 11 is 3.06. The monoisotopic (exact) mass is 292 g/mol. The topological polar surface area (TPSA) is 34.4 Å². The highest BCUT2D eigenvalue weighted by atomic mass is 79.9. The van der Waals surface area contributed by atoms with Gasteiger partial charge in [-0.2, -0.15) is 18.2 Å². The second kappa shape index (κ2) is 3.58. The van der Waals surface area contributed by atoms with Gasteiger partial charge >= 0.3 is 6.18 Å². The van der Waals surface area contributed by atoms with Crippen LogP contribution >= 0.6 is 15.9 Å². The van der Waals surface area contributed by atoms with Crippen LogP contribution in [-0.2, 0) is 6.18 Å². The second-order valence-corrected chi connectivity index (χ2v) is 3.97. The molecule has 0 aliphatic rings. The first-order chi connectivity index (χ1) is 7.38. The van der Waals surface area contributed by atoms with Crippen molar-refractivity contribution < 1.29 is 13.2 Å². The van der Waals surface area contributed by atoms with E-state index in [0.29, 0.717) is 10.5 Å². The van der Waals surface area contributed by atoms with Gasteiger partial charge in [-0.1, -0.05) is 0 Å². The van der Waals surface area contributed by atoms with Gasteiger partial charge in [-0.25, -0.2) is 0 Å². The van der Waals surface area contributed by atoms with Crippen LogP contribution in [0.1, 0.15) is 5.69 Å². The summed E-state index contributed by atoms with van der Waals surface area (Å²) in [5.74, 6) is 0. The number of rotatable bonds is 0. The molecule has 0 spiro atoms. The van der Waals surface area contributed by atoms with Crippen molar-refractivity contribution in [2.75, 3.05) is 0 Å². The van der Waals surface area contributed by atoms with Crippen molar-refractivity contribution in [2.45, 2.75) is 6.18 Å². The molecule has 0 amide bonds. The zero-order valence-corrected chi connectivity index (χ0v) is 9.21. The van der Waals surface area contributed by atoms with Gasteiger partial charge < -0.3 is 0 Å². The van der Waals surface area contributed by atoms with E-state index in [9.17, 15) is 18.0 Å². The molecular formula is C9H4BrF3N2O. The molecule has 3 nitrogen and oxygen atoms in total. The third-order valence-corrected chi connectivity index (χ3v) is 2.39.